The van der Waals surface area contributed by atoms with E-state index in [1.807, 2.05) is 30.3 Å². The first-order valence-electron chi connectivity index (χ1n) is 6.50. The summed E-state index contributed by atoms with van der Waals surface area (Å²) in [6.45, 7) is 0.954. The zero-order valence-electron chi connectivity index (χ0n) is 10.9. The Hall–Kier alpha value is -2.44. The molecule has 0 bridgehead atoms. The number of hydrogen-bond donors (Lipinski definition) is 2. The highest BCUT2D eigenvalue weighted by atomic mass is 16.4. The molecule has 0 spiro atoms. The van der Waals surface area contributed by atoms with Crippen LogP contribution in [0.2, 0.25) is 0 Å². The van der Waals surface area contributed by atoms with Crippen LogP contribution in [0, 0.1) is 0 Å². The van der Waals surface area contributed by atoms with Gasteiger partial charge in [0.2, 0.25) is 0 Å². The molecule has 2 aromatic rings. The van der Waals surface area contributed by atoms with Gasteiger partial charge in [-0.25, -0.2) is 9.89 Å². The van der Waals surface area contributed by atoms with Crippen molar-refractivity contribution in [1.82, 2.24) is 25.5 Å². The second-order valence-electron chi connectivity index (χ2n) is 4.97. The van der Waals surface area contributed by atoms with E-state index in [1.54, 1.807) is 0 Å². The summed E-state index contributed by atoms with van der Waals surface area (Å²) in [4.78, 5) is 12.5. The Morgan fingerprint density at radius 1 is 1.25 bits per heavy atom. The van der Waals surface area contributed by atoms with Gasteiger partial charge in [0.15, 0.2) is 5.82 Å². The molecule has 0 atom stereocenters. The monoisotopic (exact) mass is 273 g/mol. The minimum atomic E-state index is -0.873. The summed E-state index contributed by atoms with van der Waals surface area (Å²) in [5, 5.41) is 23.4. The summed E-state index contributed by atoms with van der Waals surface area (Å²) in [6.07, 6.45) is 0.461. The second kappa shape index (κ2) is 4.92. The molecule has 0 saturated carbocycles. The van der Waals surface area contributed by atoms with Crippen molar-refractivity contribution in [2.75, 3.05) is 13.1 Å². The molecule has 2 heterocycles. The van der Waals surface area contributed by atoms with E-state index in [2.05, 4.69) is 20.6 Å². The quantitative estimate of drug-likeness (QED) is 0.858. The Morgan fingerprint density at radius 3 is 2.50 bits per heavy atom. The molecular formula is C13H15N5O2. The number of benzene rings is 1. The lowest BCUT2D eigenvalue weighted by Crippen LogP contribution is -2.45. The first-order chi connectivity index (χ1) is 9.72. The van der Waals surface area contributed by atoms with Gasteiger partial charge in [0.1, 0.15) is 0 Å². The van der Waals surface area contributed by atoms with E-state index < -0.39 is 6.09 Å². The normalized spacial score (nSPS) is 17.9. The SMILES string of the molecule is O=C(O)N1CCC(c2ccccc2)(c2nnn[nH]2)CC1. The number of carboxylic acid groups (broad SMARTS) is 1. The van der Waals surface area contributed by atoms with E-state index >= 15 is 0 Å². The summed E-state index contributed by atoms with van der Waals surface area (Å²) in [7, 11) is 0. The van der Waals surface area contributed by atoms with Crippen LogP contribution in [-0.4, -0.2) is 49.8 Å². The van der Waals surface area contributed by atoms with Crippen molar-refractivity contribution < 1.29 is 9.90 Å². The van der Waals surface area contributed by atoms with Gasteiger partial charge in [-0.15, -0.1) is 5.10 Å². The molecule has 1 fully saturated rings. The van der Waals surface area contributed by atoms with Gasteiger partial charge < -0.3 is 10.0 Å². The van der Waals surface area contributed by atoms with Gasteiger partial charge >= 0.3 is 6.09 Å². The third-order valence-corrected chi connectivity index (χ3v) is 4.01. The molecule has 0 aliphatic carbocycles. The zero-order chi connectivity index (χ0) is 14.0. The van der Waals surface area contributed by atoms with Crippen LogP contribution in [0.1, 0.15) is 24.2 Å². The Morgan fingerprint density at radius 2 is 1.95 bits per heavy atom. The first-order valence-corrected chi connectivity index (χ1v) is 6.50. The fourth-order valence-corrected chi connectivity index (χ4v) is 2.86. The molecule has 7 heteroatoms. The maximum atomic E-state index is 11.1. The number of nitrogens with one attached hydrogen (secondary N) is 1. The van der Waals surface area contributed by atoms with Crippen molar-refractivity contribution in [3.8, 4) is 0 Å². The molecule has 7 nitrogen and oxygen atoms in total. The number of tetrazole rings is 1. The fraction of sp³-hybridized carbons (Fsp3) is 0.385. The van der Waals surface area contributed by atoms with Crippen molar-refractivity contribution in [2.24, 2.45) is 0 Å². The van der Waals surface area contributed by atoms with Crippen molar-refractivity contribution >= 4 is 6.09 Å². The highest BCUT2D eigenvalue weighted by Gasteiger charge is 2.41. The predicted molar refractivity (Wildman–Crippen MR) is 70.2 cm³/mol. The number of rotatable bonds is 2. The maximum absolute atomic E-state index is 11.1. The minimum absolute atomic E-state index is 0.337. The minimum Gasteiger partial charge on any atom is -0.465 e. The third-order valence-electron chi connectivity index (χ3n) is 4.01. The molecule has 0 unspecified atom stereocenters. The molecule has 3 rings (SSSR count). The number of likely N-dealkylation sites (tertiary alicyclic amines) is 1. The van der Waals surface area contributed by atoms with Crippen molar-refractivity contribution in [2.45, 2.75) is 18.3 Å². The summed E-state index contributed by atoms with van der Waals surface area (Å²) in [5.41, 5.74) is 0.778. The number of aromatic amines is 1. The Bertz CT molecular complexity index is 576. The average Bonchev–Trinajstić information content (AvgIpc) is 3.03. The van der Waals surface area contributed by atoms with Gasteiger partial charge in [0.25, 0.3) is 0 Å². The van der Waals surface area contributed by atoms with Crippen LogP contribution in [0.5, 0.6) is 0 Å². The molecule has 0 radical (unpaired) electrons. The largest absolute Gasteiger partial charge is 0.465 e. The number of hydrogen-bond acceptors (Lipinski definition) is 4. The summed E-state index contributed by atoms with van der Waals surface area (Å²) in [5.74, 6) is 0.703. The lowest BCUT2D eigenvalue weighted by atomic mass is 9.72. The summed E-state index contributed by atoms with van der Waals surface area (Å²) >= 11 is 0. The van der Waals surface area contributed by atoms with Gasteiger partial charge in [-0.3, -0.25) is 0 Å². The number of H-pyrrole nitrogens is 1. The van der Waals surface area contributed by atoms with Crippen molar-refractivity contribution in [3.63, 3.8) is 0 Å². The smallest absolute Gasteiger partial charge is 0.407 e. The molecular weight excluding hydrogens is 258 g/mol. The van der Waals surface area contributed by atoms with Gasteiger partial charge in [-0.2, -0.15) is 0 Å². The van der Waals surface area contributed by atoms with Gasteiger partial charge in [-0.05, 0) is 28.8 Å². The van der Waals surface area contributed by atoms with E-state index in [1.165, 1.54) is 4.90 Å². The molecule has 1 aliphatic rings. The standard InChI is InChI=1S/C13H15N5O2/c19-12(20)18-8-6-13(7-9-18,11-14-16-17-15-11)10-4-2-1-3-5-10/h1-5H,6-9H2,(H,19,20)(H,14,15,16,17). The number of carbonyl (C=O) groups is 1. The van der Waals surface area contributed by atoms with Gasteiger partial charge in [-0.1, -0.05) is 30.3 Å². The van der Waals surface area contributed by atoms with E-state index in [-0.39, 0.29) is 5.41 Å². The number of nitrogens with zero attached hydrogens (tertiary/aromatic N) is 4. The molecule has 20 heavy (non-hydrogen) atoms. The van der Waals surface area contributed by atoms with Crippen LogP contribution in [0.3, 0.4) is 0 Å². The Balaban J connectivity index is 1.97. The van der Waals surface area contributed by atoms with E-state index in [0.29, 0.717) is 31.8 Å². The van der Waals surface area contributed by atoms with Crippen LogP contribution < -0.4 is 0 Å². The lowest BCUT2D eigenvalue weighted by molar-refractivity contribution is 0.121. The summed E-state index contributed by atoms with van der Waals surface area (Å²) in [6, 6.07) is 10.00. The molecule has 104 valence electrons. The maximum Gasteiger partial charge on any atom is 0.407 e. The fourth-order valence-electron chi connectivity index (χ4n) is 2.86. The Labute approximate surface area is 115 Å². The van der Waals surface area contributed by atoms with E-state index in [0.717, 1.165) is 5.56 Å². The van der Waals surface area contributed by atoms with Crippen LogP contribution in [0.4, 0.5) is 4.79 Å². The number of piperidine rings is 1. The van der Waals surface area contributed by atoms with Gasteiger partial charge in [0, 0.05) is 13.1 Å². The van der Waals surface area contributed by atoms with Gasteiger partial charge in [0.05, 0.1) is 5.41 Å². The molecule has 1 aromatic heterocycles. The molecule has 2 N–H and O–H groups in total. The summed E-state index contributed by atoms with van der Waals surface area (Å²) < 4.78 is 0. The number of aromatic nitrogens is 4. The van der Waals surface area contributed by atoms with Crippen LogP contribution in [0.25, 0.3) is 0 Å². The highest BCUT2D eigenvalue weighted by Crippen LogP contribution is 2.39. The molecule has 1 aromatic carbocycles. The second-order valence-corrected chi connectivity index (χ2v) is 4.97. The number of amides is 1. The van der Waals surface area contributed by atoms with Crippen LogP contribution in [0.15, 0.2) is 30.3 Å². The predicted octanol–water partition coefficient (Wildman–Crippen LogP) is 1.26. The van der Waals surface area contributed by atoms with Crippen molar-refractivity contribution in [3.05, 3.63) is 41.7 Å². The zero-order valence-corrected chi connectivity index (χ0v) is 10.9. The molecule has 1 saturated heterocycles. The van der Waals surface area contributed by atoms with E-state index in [9.17, 15) is 4.79 Å². The first kappa shape index (κ1) is 12.6. The highest BCUT2D eigenvalue weighted by molar-refractivity contribution is 5.65. The van der Waals surface area contributed by atoms with Crippen LogP contribution >= 0.6 is 0 Å². The van der Waals surface area contributed by atoms with Crippen LogP contribution in [-0.2, 0) is 5.41 Å². The van der Waals surface area contributed by atoms with Crippen molar-refractivity contribution in [1.29, 1.82) is 0 Å². The third kappa shape index (κ3) is 2.01. The topological polar surface area (TPSA) is 95.0 Å². The lowest BCUT2D eigenvalue weighted by Gasteiger charge is -2.39. The molecule has 1 amide bonds. The Kier molecular flexibility index (Phi) is 3.09. The molecule has 1 aliphatic heterocycles. The average molecular weight is 273 g/mol. The van der Waals surface area contributed by atoms with E-state index in [4.69, 9.17) is 5.11 Å².